The van der Waals surface area contributed by atoms with E-state index in [1.807, 2.05) is 24.3 Å². The van der Waals surface area contributed by atoms with E-state index in [4.69, 9.17) is 5.73 Å². The molecule has 0 bridgehead atoms. The fourth-order valence-corrected chi connectivity index (χ4v) is 1.30. The Hall–Kier alpha value is -1.07. The molecule has 0 radical (unpaired) electrons. The number of nitrogens with one attached hydrogen (secondary N) is 2. The summed E-state index contributed by atoms with van der Waals surface area (Å²) in [4.78, 5) is 11.2. The maximum Gasteiger partial charge on any atom is 0.319 e. The molecule has 2 amide bonds. The van der Waals surface area contributed by atoms with Gasteiger partial charge in [-0.15, -0.1) is 0 Å². The summed E-state index contributed by atoms with van der Waals surface area (Å²) in [5, 5.41) is 5.30. The minimum Gasteiger partial charge on any atom is -0.337 e. The van der Waals surface area contributed by atoms with Gasteiger partial charge in [0.2, 0.25) is 0 Å². The minimum atomic E-state index is -0.248. The SMILES string of the molecule is NCCNC(=O)Nc1ccccc1Br. The summed E-state index contributed by atoms with van der Waals surface area (Å²) < 4.78 is 0.850. The maximum atomic E-state index is 11.2. The van der Waals surface area contributed by atoms with E-state index in [2.05, 4.69) is 26.6 Å². The van der Waals surface area contributed by atoms with Crippen molar-refractivity contribution in [2.75, 3.05) is 18.4 Å². The molecule has 0 atom stereocenters. The highest BCUT2D eigenvalue weighted by atomic mass is 79.9. The first-order valence-corrected chi connectivity index (χ1v) is 5.03. The summed E-state index contributed by atoms with van der Waals surface area (Å²) in [5.41, 5.74) is 5.99. The van der Waals surface area contributed by atoms with Crippen molar-refractivity contribution in [2.45, 2.75) is 0 Å². The summed E-state index contributed by atoms with van der Waals surface area (Å²) in [6.07, 6.45) is 0. The zero-order valence-electron chi connectivity index (χ0n) is 7.59. The Balaban J connectivity index is 2.52. The molecule has 0 spiro atoms. The number of rotatable bonds is 3. The third-order valence-corrected chi connectivity index (χ3v) is 2.24. The topological polar surface area (TPSA) is 67.1 Å². The molecule has 0 aromatic heterocycles. The second-order valence-corrected chi connectivity index (χ2v) is 3.50. The van der Waals surface area contributed by atoms with Crippen molar-refractivity contribution in [2.24, 2.45) is 5.73 Å². The Morgan fingerprint density at radius 1 is 1.43 bits per heavy atom. The molecule has 0 heterocycles. The van der Waals surface area contributed by atoms with E-state index in [9.17, 15) is 4.79 Å². The molecular formula is C9H12BrN3O. The van der Waals surface area contributed by atoms with Crippen LogP contribution < -0.4 is 16.4 Å². The number of hydrogen-bond acceptors (Lipinski definition) is 2. The molecule has 1 aromatic rings. The molecular weight excluding hydrogens is 246 g/mol. The molecule has 0 saturated carbocycles. The summed E-state index contributed by atoms with van der Waals surface area (Å²) in [6.45, 7) is 0.902. The van der Waals surface area contributed by atoms with Crippen LogP contribution in [-0.4, -0.2) is 19.1 Å². The maximum absolute atomic E-state index is 11.2. The van der Waals surface area contributed by atoms with Crippen LogP contribution in [0.25, 0.3) is 0 Å². The van der Waals surface area contributed by atoms with Crippen molar-refractivity contribution in [3.63, 3.8) is 0 Å². The number of para-hydroxylation sites is 1. The van der Waals surface area contributed by atoms with Crippen molar-refractivity contribution in [3.8, 4) is 0 Å². The molecule has 1 aromatic carbocycles. The Labute approximate surface area is 91.0 Å². The van der Waals surface area contributed by atoms with Gasteiger partial charge in [0.1, 0.15) is 0 Å². The van der Waals surface area contributed by atoms with Gasteiger partial charge in [-0.1, -0.05) is 12.1 Å². The van der Waals surface area contributed by atoms with E-state index < -0.39 is 0 Å². The van der Waals surface area contributed by atoms with Gasteiger partial charge < -0.3 is 16.4 Å². The fraction of sp³-hybridized carbons (Fsp3) is 0.222. The predicted octanol–water partition coefficient (Wildman–Crippen LogP) is 1.53. The molecule has 4 N–H and O–H groups in total. The fourth-order valence-electron chi connectivity index (χ4n) is 0.915. The monoisotopic (exact) mass is 257 g/mol. The third-order valence-electron chi connectivity index (χ3n) is 1.55. The van der Waals surface area contributed by atoms with Gasteiger partial charge in [0.15, 0.2) is 0 Å². The van der Waals surface area contributed by atoms with Crippen molar-refractivity contribution < 1.29 is 4.79 Å². The summed E-state index contributed by atoms with van der Waals surface area (Å²) in [6, 6.07) is 7.16. The van der Waals surface area contributed by atoms with Crippen molar-refractivity contribution in [1.29, 1.82) is 0 Å². The van der Waals surface area contributed by atoms with Crippen LogP contribution in [0.15, 0.2) is 28.7 Å². The molecule has 14 heavy (non-hydrogen) atoms. The normalized spacial score (nSPS) is 9.57. The molecule has 0 aliphatic heterocycles. The molecule has 0 unspecified atom stereocenters. The number of anilines is 1. The van der Waals surface area contributed by atoms with Crippen molar-refractivity contribution >= 4 is 27.6 Å². The van der Waals surface area contributed by atoms with E-state index in [0.717, 1.165) is 10.2 Å². The van der Waals surface area contributed by atoms with Crippen LogP contribution in [0.5, 0.6) is 0 Å². The lowest BCUT2D eigenvalue weighted by atomic mass is 10.3. The largest absolute Gasteiger partial charge is 0.337 e. The van der Waals surface area contributed by atoms with Gasteiger partial charge in [-0.05, 0) is 28.1 Å². The highest BCUT2D eigenvalue weighted by molar-refractivity contribution is 9.10. The first-order chi connectivity index (χ1) is 6.74. The first-order valence-electron chi connectivity index (χ1n) is 4.23. The van der Waals surface area contributed by atoms with E-state index in [1.165, 1.54) is 0 Å². The zero-order valence-corrected chi connectivity index (χ0v) is 9.17. The number of amides is 2. The third kappa shape index (κ3) is 3.35. The summed E-state index contributed by atoms with van der Waals surface area (Å²) >= 11 is 3.33. The van der Waals surface area contributed by atoms with Crippen LogP contribution in [0, 0.1) is 0 Å². The van der Waals surface area contributed by atoms with Crippen LogP contribution in [0.1, 0.15) is 0 Å². The highest BCUT2D eigenvalue weighted by Gasteiger charge is 2.02. The molecule has 0 aliphatic carbocycles. The molecule has 4 nitrogen and oxygen atoms in total. The second kappa shape index (κ2) is 5.62. The Morgan fingerprint density at radius 2 is 2.14 bits per heavy atom. The number of carbonyl (C=O) groups excluding carboxylic acids is 1. The van der Waals surface area contributed by atoms with Gasteiger partial charge in [-0.3, -0.25) is 0 Å². The summed E-state index contributed by atoms with van der Waals surface area (Å²) in [5.74, 6) is 0. The molecule has 0 fully saturated rings. The molecule has 0 saturated heterocycles. The number of urea groups is 1. The van der Waals surface area contributed by atoms with Crippen LogP contribution in [0.3, 0.4) is 0 Å². The van der Waals surface area contributed by atoms with Crippen molar-refractivity contribution in [1.82, 2.24) is 5.32 Å². The molecule has 76 valence electrons. The van der Waals surface area contributed by atoms with Gasteiger partial charge in [-0.2, -0.15) is 0 Å². The number of carbonyl (C=O) groups is 1. The highest BCUT2D eigenvalue weighted by Crippen LogP contribution is 2.20. The Kier molecular flexibility index (Phi) is 4.42. The standard InChI is InChI=1S/C9H12BrN3O/c10-7-3-1-2-4-8(7)13-9(14)12-6-5-11/h1-4H,5-6,11H2,(H2,12,13,14). The number of nitrogens with two attached hydrogens (primary N) is 1. The number of hydrogen-bond donors (Lipinski definition) is 3. The zero-order chi connectivity index (χ0) is 10.4. The minimum absolute atomic E-state index is 0.248. The number of benzene rings is 1. The second-order valence-electron chi connectivity index (χ2n) is 2.65. The first kappa shape index (κ1) is 11.0. The van der Waals surface area contributed by atoms with Gasteiger partial charge in [-0.25, -0.2) is 4.79 Å². The van der Waals surface area contributed by atoms with Crippen molar-refractivity contribution in [3.05, 3.63) is 28.7 Å². The van der Waals surface area contributed by atoms with Crippen LogP contribution in [-0.2, 0) is 0 Å². The van der Waals surface area contributed by atoms with Crippen LogP contribution in [0.4, 0.5) is 10.5 Å². The molecule has 1 rings (SSSR count). The lowest BCUT2D eigenvalue weighted by Gasteiger charge is -2.07. The van der Waals surface area contributed by atoms with Gasteiger partial charge in [0, 0.05) is 17.6 Å². The van der Waals surface area contributed by atoms with Crippen LogP contribution >= 0.6 is 15.9 Å². The average molecular weight is 258 g/mol. The van der Waals surface area contributed by atoms with Crippen LogP contribution in [0.2, 0.25) is 0 Å². The lowest BCUT2D eigenvalue weighted by Crippen LogP contribution is -2.32. The van der Waals surface area contributed by atoms with Gasteiger partial charge >= 0.3 is 6.03 Å². The molecule has 0 aliphatic rings. The Bertz CT molecular complexity index is 317. The van der Waals surface area contributed by atoms with E-state index >= 15 is 0 Å². The predicted molar refractivity (Wildman–Crippen MR) is 60.2 cm³/mol. The van der Waals surface area contributed by atoms with E-state index in [0.29, 0.717) is 13.1 Å². The van der Waals surface area contributed by atoms with Gasteiger partial charge in [0.05, 0.1) is 5.69 Å². The Morgan fingerprint density at radius 3 is 2.79 bits per heavy atom. The van der Waals surface area contributed by atoms with E-state index in [1.54, 1.807) is 0 Å². The average Bonchev–Trinajstić information content (AvgIpc) is 2.18. The molecule has 5 heteroatoms. The smallest absolute Gasteiger partial charge is 0.319 e. The number of halogens is 1. The summed E-state index contributed by atoms with van der Waals surface area (Å²) in [7, 11) is 0. The van der Waals surface area contributed by atoms with E-state index in [-0.39, 0.29) is 6.03 Å². The lowest BCUT2D eigenvalue weighted by molar-refractivity contribution is 0.252. The van der Waals surface area contributed by atoms with Gasteiger partial charge in [0.25, 0.3) is 0 Å². The quantitative estimate of drug-likeness (QED) is 0.769.